The first-order valence-corrected chi connectivity index (χ1v) is 7.59. The van der Waals surface area contributed by atoms with Gasteiger partial charge in [-0.25, -0.2) is 4.79 Å². The average molecular weight is 310 g/mol. The van der Waals surface area contributed by atoms with Crippen molar-refractivity contribution >= 4 is 29.5 Å². The predicted molar refractivity (Wildman–Crippen MR) is 81.3 cm³/mol. The number of hydrogen-bond acceptors (Lipinski definition) is 4. The van der Waals surface area contributed by atoms with Gasteiger partial charge < -0.3 is 16.2 Å². The summed E-state index contributed by atoms with van der Waals surface area (Å²) < 4.78 is 0. The first-order chi connectivity index (χ1) is 9.99. The molecule has 1 aromatic carbocycles. The third kappa shape index (κ3) is 7.36. The van der Waals surface area contributed by atoms with Crippen LogP contribution in [0.4, 0.5) is 0 Å². The van der Waals surface area contributed by atoms with Crippen molar-refractivity contribution in [2.45, 2.75) is 12.8 Å². The van der Waals surface area contributed by atoms with Crippen LogP contribution in [0.3, 0.4) is 0 Å². The maximum Gasteiger partial charge on any atom is 0.335 e. The highest BCUT2D eigenvalue weighted by Crippen LogP contribution is 2.06. The van der Waals surface area contributed by atoms with Crippen molar-refractivity contribution in [2.75, 3.05) is 18.1 Å². The number of carboxylic acid groups (broad SMARTS) is 1. The van der Waals surface area contributed by atoms with E-state index < -0.39 is 11.9 Å². The van der Waals surface area contributed by atoms with E-state index in [0.717, 1.165) is 5.56 Å². The lowest BCUT2D eigenvalue weighted by Gasteiger charge is -2.06. The number of amides is 2. The van der Waals surface area contributed by atoms with Crippen molar-refractivity contribution in [3.05, 3.63) is 35.4 Å². The molecule has 0 saturated carbocycles. The van der Waals surface area contributed by atoms with Crippen LogP contribution in [0.25, 0.3) is 0 Å². The molecule has 0 aromatic heterocycles. The molecule has 1 rings (SSSR count). The minimum absolute atomic E-state index is 0.0960. The Morgan fingerprint density at radius 1 is 1.29 bits per heavy atom. The number of nitrogens with one attached hydrogen (secondary N) is 1. The Bertz CT molecular complexity index is 519. The monoisotopic (exact) mass is 310 g/mol. The molecule has 0 heterocycles. The Morgan fingerprint density at radius 2 is 2.05 bits per heavy atom. The lowest BCUT2D eigenvalue weighted by molar-refractivity contribution is -0.120. The largest absolute Gasteiger partial charge is 0.478 e. The molecule has 0 radical (unpaired) electrons. The number of rotatable bonds is 9. The molecule has 0 spiro atoms. The molecule has 0 aliphatic carbocycles. The molecule has 0 aliphatic rings. The summed E-state index contributed by atoms with van der Waals surface area (Å²) >= 11 is 1.32. The van der Waals surface area contributed by atoms with Gasteiger partial charge in [-0.05, 0) is 24.1 Å². The lowest BCUT2D eigenvalue weighted by Crippen LogP contribution is -2.26. The molecule has 7 heteroatoms. The molecular formula is C14H18N2O4S. The SMILES string of the molecule is NC(=O)CSCCC(=O)NCCc1cccc(C(=O)O)c1. The quantitative estimate of drug-likeness (QED) is 0.580. The van der Waals surface area contributed by atoms with Gasteiger partial charge in [0.05, 0.1) is 11.3 Å². The van der Waals surface area contributed by atoms with E-state index in [9.17, 15) is 14.4 Å². The normalized spacial score (nSPS) is 10.1. The van der Waals surface area contributed by atoms with Crippen molar-refractivity contribution in [3.63, 3.8) is 0 Å². The van der Waals surface area contributed by atoms with Crippen LogP contribution in [0.1, 0.15) is 22.3 Å². The number of nitrogens with two attached hydrogens (primary N) is 1. The highest BCUT2D eigenvalue weighted by Gasteiger charge is 2.05. The van der Waals surface area contributed by atoms with Crippen LogP contribution in [0.15, 0.2) is 24.3 Å². The maximum absolute atomic E-state index is 11.5. The van der Waals surface area contributed by atoms with Gasteiger partial charge in [0, 0.05) is 18.7 Å². The molecule has 21 heavy (non-hydrogen) atoms. The van der Waals surface area contributed by atoms with Crippen molar-refractivity contribution in [2.24, 2.45) is 5.73 Å². The molecule has 0 fully saturated rings. The van der Waals surface area contributed by atoms with Crippen LogP contribution in [0, 0.1) is 0 Å². The van der Waals surface area contributed by atoms with Gasteiger partial charge in [0.1, 0.15) is 0 Å². The summed E-state index contributed by atoms with van der Waals surface area (Å²) in [7, 11) is 0. The number of benzene rings is 1. The first kappa shape index (κ1) is 17.0. The lowest BCUT2D eigenvalue weighted by atomic mass is 10.1. The van der Waals surface area contributed by atoms with E-state index >= 15 is 0 Å². The number of carboxylic acids is 1. The van der Waals surface area contributed by atoms with E-state index in [1.54, 1.807) is 12.1 Å². The Balaban J connectivity index is 2.23. The first-order valence-electron chi connectivity index (χ1n) is 6.44. The number of primary amides is 1. The number of aromatic carboxylic acids is 1. The molecule has 0 bridgehead atoms. The Kier molecular flexibility index (Phi) is 7.31. The fourth-order valence-corrected chi connectivity index (χ4v) is 2.31. The number of carbonyl (C=O) groups is 3. The summed E-state index contributed by atoms with van der Waals surface area (Å²) in [6.45, 7) is 0.447. The number of carbonyl (C=O) groups excluding carboxylic acids is 2. The molecule has 6 nitrogen and oxygen atoms in total. The summed E-state index contributed by atoms with van der Waals surface area (Å²) in [4.78, 5) is 32.9. The fraction of sp³-hybridized carbons (Fsp3) is 0.357. The third-order valence-corrected chi connectivity index (χ3v) is 3.61. The average Bonchev–Trinajstić information content (AvgIpc) is 2.44. The Labute approximate surface area is 127 Å². The molecule has 2 amide bonds. The number of thioether (sulfide) groups is 1. The molecule has 4 N–H and O–H groups in total. The summed E-state index contributed by atoms with van der Waals surface area (Å²) in [5.41, 5.74) is 6.08. The van der Waals surface area contributed by atoms with E-state index in [1.807, 2.05) is 6.07 Å². The van der Waals surface area contributed by atoms with E-state index in [0.29, 0.717) is 25.1 Å². The van der Waals surface area contributed by atoms with Gasteiger partial charge in [-0.1, -0.05) is 12.1 Å². The van der Waals surface area contributed by atoms with E-state index in [-0.39, 0.29) is 17.2 Å². The third-order valence-electron chi connectivity index (χ3n) is 2.63. The van der Waals surface area contributed by atoms with Crippen LogP contribution in [0.5, 0.6) is 0 Å². The molecule has 1 aromatic rings. The highest BCUT2D eigenvalue weighted by atomic mass is 32.2. The van der Waals surface area contributed by atoms with Gasteiger partial charge in [0.2, 0.25) is 11.8 Å². The zero-order chi connectivity index (χ0) is 15.7. The van der Waals surface area contributed by atoms with Gasteiger partial charge in [0.15, 0.2) is 0 Å². The van der Waals surface area contributed by atoms with Crippen molar-refractivity contribution in [1.29, 1.82) is 0 Å². The topological polar surface area (TPSA) is 109 Å². The second-order valence-corrected chi connectivity index (χ2v) is 5.48. The predicted octanol–water partition coefficient (Wildman–Crippen LogP) is 0.652. The van der Waals surface area contributed by atoms with Gasteiger partial charge in [-0.2, -0.15) is 11.8 Å². The summed E-state index contributed by atoms with van der Waals surface area (Å²) in [5, 5.41) is 11.6. The van der Waals surface area contributed by atoms with Crippen molar-refractivity contribution < 1.29 is 19.5 Å². The number of hydrogen-bond donors (Lipinski definition) is 3. The van der Waals surface area contributed by atoms with Crippen molar-refractivity contribution in [1.82, 2.24) is 5.32 Å². The standard InChI is InChI=1S/C14H18N2O4S/c15-12(17)9-21-7-5-13(18)16-6-4-10-2-1-3-11(8-10)14(19)20/h1-3,8H,4-7,9H2,(H2,15,17)(H,16,18)(H,19,20). The van der Waals surface area contributed by atoms with E-state index in [1.165, 1.54) is 17.8 Å². The van der Waals surface area contributed by atoms with Crippen LogP contribution in [0.2, 0.25) is 0 Å². The van der Waals surface area contributed by atoms with Gasteiger partial charge in [0.25, 0.3) is 0 Å². The molecular weight excluding hydrogens is 292 g/mol. The smallest absolute Gasteiger partial charge is 0.335 e. The zero-order valence-corrected chi connectivity index (χ0v) is 12.3. The van der Waals surface area contributed by atoms with Crippen LogP contribution < -0.4 is 11.1 Å². The van der Waals surface area contributed by atoms with E-state index in [2.05, 4.69) is 5.32 Å². The minimum atomic E-state index is -0.965. The Morgan fingerprint density at radius 3 is 2.71 bits per heavy atom. The molecule has 0 unspecified atom stereocenters. The van der Waals surface area contributed by atoms with Gasteiger partial charge in [-0.3, -0.25) is 9.59 Å². The summed E-state index contributed by atoms with van der Waals surface area (Å²) in [6.07, 6.45) is 0.897. The summed E-state index contributed by atoms with van der Waals surface area (Å²) in [5.74, 6) is -0.689. The zero-order valence-electron chi connectivity index (χ0n) is 11.5. The fourth-order valence-electron chi connectivity index (χ4n) is 1.63. The second kappa shape index (κ2) is 9.02. The van der Waals surface area contributed by atoms with Gasteiger partial charge in [-0.15, -0.1) is 0 Å². The second-order valence-electron chi connectivity index (χ2n) is 4.37. The van der Waals surface area contributed by atoms with Gasteiger partial charge >= 0.3 is 5.97 Å². The molecule has 114 valence electrons. The highest BCUT2D eigenvalue weighted by molar-refractivity contribution is 7.99. The van der Waals surface area contributed by atoms with Crippen LogP contribution in [-0.4, -0.2) is 40.9 Å². The molecule has 0 saturated heterocycles. The van der Waals surface area contributed by atoms with Crippen molar-refractivity contribution in [3.8, 4) is 0 Å². The molecule has 0 atom stereocenters. The molecule has 0 aliphatic heterocycles. The van der Waals surface area contributed by atoms with E-state index in [4.69, 9.17) is 10.8 Å². The van der Waals surface area contributed by atoms with Crippen LogP contribution in [-0.2, 0) is 16.0 Å². The summed E-state index contributed by atoms with van der Waals surface area (Å²) in [6, 6.07) is 6.62. The maximum atomic E-state index is 11.5. The Hall–Kier alpha value is -2.02. The minimum Gasteiger partial charge on any atom is -0.478 e. The van der Waals surface area contributed by atoms with Crippen LogP contribution >= 0.6 is 11.8 Å².